The summed E-state index contributed by atoms with van der Waals surface area (Å²) in [6.07, 6.45) is 2.58. The quantitative estimate of drug-likeness (QED) is 0.695. The fourth-order valence-electron chi connectivity index (χ4n) is 2.48. The lowest BCUT2D eigenvalue weighted by atomic mass is 9.89. The Morgan fingerprint density at radius 1 is 1.25 bits per heavy atom. The van der Waals surface area contributed by atoms with Gasteiger partial charge in [0.1, 0.15) is 5.75 Å². The molecule has 0 aliphatic heterocycles. The van der Waals surface area contributed by atoms with Crippen molar-refractivity contribution in [3.8, 4) is 16.9 Å². The van der Waals surface area contributed by atoms with E-state index in [1.807, 2.05) is 18.2 Å². The Hall–Kier alpha value is -1.81. The van der Waals surface area contributed by atoms with Crippen molar-refractivity contribution in [3.05, 3.63) is 45.9 Å². The molecule has 0 radical (unpaired) electrons. The van der Waals surface area contributed by atoms with Gasteiger partial charge in [0.2, 0.25) is 0 Å². The number of H-pyrrole nitrogens is 1. The van der Waals surface area contributed by atoms with Crippen molar-refractivity contribution in [2.75, 3.05) is 12.5 Å². The number of aromatic amines is 1. The summed E-state index contributed by atoms with van der Waals surface area (Å²) in [7, 11) is 0. The van der Waals surface area contributed by atoms with Crippen molar-refractivity contribution < 1.29 is 4.74 Å². The van der Waals surface area contributed by atoms with Crippen LogP contribution in [-0.2, 0) is 12.8 Å². The van der Waals surface area contributed by atoms with E-state index >= 15 is 0 Å². The highest BCUT2D eigenvalue weighted by Gasteiger charge is 2.18. The molecule has 1 aliphatic carbocycles. The number of benzene rings is 1. The van der Waals surface area contributed by atoms with Gasteiger partial charge in [0.05, 0.1) is 12.3 Å². The molecule has 0 bridgehead atoms. The zero-order valence-corrected chi connectivity index (χ0v) is 11.7. The van der Waals surface area contributed by atoms with E-state index in [2.05, 4.69) is 10.2 Å². The summed E-state index contributed by atoms with van der Waals surface area (Å²) in [5, 5.41) is 6.61. The third-order valence-corrected chi connectivity index (χ3v) is 3.70. The van der Waals surface area contributed by atoms with Crippen LogP contribution in [0.25, 0.3) is 11.1 Å². The van der Waals surface area contributed by atoms with Gasteiger partial charge in [0.15, 0.2) is 0 Å². The summed E-state index contributed by atoms with van der Waals surface area (Å²) in [5.74, 6) is 1.46. The van der Waals surface area contributed by atoms with E-state index in [-0.39, 0.29) is 5.56 Å². The lowest BCUT2D eigenvalue weighted by molar-refractivity contribution is 0.318. The maximum absolute atomic E-state index is 11.4. The Morgan fingerprint density at radius 3 is 3.00 bits per heavy atom. The Morgan fingerprint density at radius 2 is 2.15 bits per heavy atom. The first-order chi connectivity index (χ1) is 9.78. The number of nitrogens with zero attached hydrogens (tertiary/aromatic N) is 1. The van der Waals surface area contributed by atoms with Gasteiger partial charge >= 0.3 is 0 Å². The van der Waals surface area contributed by atoms with Crippen LogP contribution >= 0.6 is 11.6 Å². The molecular weight excluding hydrogens is 276 g/mol. The summed E-state index contributed by atoms with van der Waals surface area (Å²) in [6.45, 7) is 0.625. The van der Waals surface area contributed by atoms with Crippen LogP contribution in [0.2, 0.25) is 0 Å². The second-order valence-corrected chi connectivity index (χ2v) is 5.18. The molecule has 1 aromatic carbocycles. The Balaban J connectivity index is 1.92. The first kappa shape index (κ1) is 13.2. The van der Waals surface area contributed by atoms with Gasteiger partial charge in [0.25, 0.3) is 5.56 Å². The first-order valence-electron chi connectivity index (χ1n) is 6.68. The van der Waals surface area contributed by atoms with Gasteiger partial charge in [0, 0.05) is 17.5 Å². The maximum atomic E-state index is 11.4. The maximum Gasteiger partial charge on any atom is 0.264 e. The van der Waals surface area contributed by atoms with E-state index in [1.165, 1.54) is 5.56 Å². The van der Waals surface area contributed by atoms with Crippen molar-refractivity contribution in [2.45, 2.75) is 19.3 Å². The molecule has 1 aromatic heterocycles. The minimum absolute atomic E-state index is 0.168. The Bertz CT molecular complexity index is 682. The predicted octanol–water partition coefficient (Wildman–Crippen LogP) is 2.54. The number of aromatic nitrogens is 2. The minimum atomic E-state index is -0.168. The normalized spacial score (nSPS) is 12.7. The molecule has 3 rings (SSSR count). The van der Waals surface area contributed by atoms with E-state index in [9.17, 15) is 4.79 Å². The topological polar surface area (TPSA) is 55.0 Å². The molecule has 1 aliphatic rings. The van der Waals surface area contributed by atoms with Crippen LogP contribution in [0.4, 0.5) is 0 Å². The molecule has 0 fully saturated rings. The summed E-state index contributed by atoms with van der Waals surface area (Å²) in [5.41, 5.74) is 4.00. The number of nitrogens with one attached hydrogen (secondary N) is 1. The molecule has 0 unspecified atom stereocenters. The van der Waals surface area contributed by atoms with Gasteiger partial charge in [-0.05, 0) is 42.5 Å². The van der Waals surface area contributed by atoms with Crippen molar-refractivity contribution >= 4 is 11.6 Å². The zero-order chi connectivity index (χ0) is 13.9. The van der Waals surface area contributed by atoms with E-state index in [0.717, 1.165) is 41.8 Å². The van der Waals surface area contributed by atoms with Gasteiger partial charge in [-0.15, -0.1) is 11.6 Å². The molecule has 1 heterocycles. The summed E-state index contributed by atoms with van der Waals surface area (Å²) < 4.78 is 5.66. The van der Waals surface area contributed by atoms with Crippen molar-refractivity contribution in [1.82, 2.24) is 10.2 Å². The largest absolute Gasteiger partial charge is 0.494 e. The molecule has 0 saturated carbocycles. The third kappa shape index (κ3) is 2.56. The summed E-state index contributed by atoms with van der Waals surface area (Å²) in [6, 6.07) is 7.61. The van der Waals surface area contributed by atoms with Gasteiger partial charge < -0.3 is 4.74 Å². The van der Waals surface area contributed by atoms with Crippen molar-refractivity contribution in [2.24, 2.45) is 0 Å². The molecule has 0 spiro atoms. The molecular formula is C15H15ClN2O2. The lowest BCUT2D eigenvalue weighted by Gasteiger charge is -2.19. The van der Waals surface area contributed by atoms with Crippen molar-refractivity contribution in [3.63, 3.8) is 0 Å². The highest BCUT2D eigenvalue weighted by Crippen LogP contribution is 2.33. The number of hydrogen-bond donors (Lipinski definition) is 1. The van der Waals surface area contributed by atoms with Crippen LogP contribution < -0.4 is 10.3 Å². The fourth-order valence-corrected chi connectivity index (χ4v) is 2.59. The molecule has 2 aromatic rings. The van der Waals surface area contributed by atoms with Crippen LogP contribution in [0.1, 0.15) is 17.7 Å². The van der Waals surface area contributed by atoms with Gasteiger partial charge in [-0.25, -0.2) is 5.10 Å². The lowest BCUT2D eigenvalue weighted by Crippen LogP contribution is -2.14. The third-order valence-electron chi connectivity index (χ3n) is 3.43. The highest BCUT2D eigenvalue weighted by molar-refractivity contribution is 6.17. The highest BCUT2D eigenvalue weighted by atomic mass is 35.5. The molecule has 1 N–H and O–H groups in total. The van der Waals surface area contributed by atoms with Gasteiger partial charge in [-0.1, -0.05) is 6.07 Å². The first-order valence-corrected chi connectivity index (χ1v) is 7.22. The number of fused-ring (bicyclic) bond motifs is 3. The van der Waals surface area contributed by atoms with E-state index in [0.29, 0.717) is 12.5 Å². The Kier molecular flexibility index (Phi) is 3.74. The molecule has 20 heavy (non-hydrogen) atoms. The zero-order valence-electron chi connectivity index (χ0n) is 11.0. The molecule has 104 valence electrons. The number of halogens is 1. The number of aryl methyl sites for hydroxylation is 2. The summed E-state index contributed by atoms with van der Waals surface area (Å²) in [4.78, 5) is 11.4. The number of alkyl halides is 1. The van der Waals surface area contributed by atoms with Crippen LogP contribution in [0.5, 0.6) is 5.75 Å². The second-order valence-electron chi connectivity index (χ2n) is 4.80. The number of ether oxygens (including phenoxy) is 1. The van der Waals surface area contributed by atoms with E-state index < -0.39 is 0 Å². The monoisotopic (exact) mass is 290 g/mol. The van der Waals surface area contributed by atoms with Crippen LogP contribution in [0.15, 0.2) is 29.1 Å². The Labute approximate surface area is 121 Å². The van der Waals surface area contributed by atoms with E-state index in [4.69, 9.17) is 16.3 Å². The molecule has 4 nitrogen and oxygen atoms in total. The standard InChI is InChI=1S/C15H15ClN2O2/c16-6-1-7-20-11-3-4-12-10(8-11)2-5-14-13(12)9-15(19)18-17-14/h3-4,8-9H,1-2,5-7H2,(H,18,19). The van der Waals surface area contributed by atoms with Gasteiger partial charge in [-0.2, -0.15) is 5.10 Å². The smallest absolute Gasteiger partial charge is 0.264 e. The molecule has 0 saturated heterocycles. The van der Waals surface area contributed by atoms with Crippen LogP contribution in [0.3, 0.4) is 0 Å². The molecule has 5 heteroatoms. The molecule has 0 amide bonds. The van der Waals surface area contributed by atoms with Crippen molar-refractivity contribution in [1.29, 1.82) is 0 Å². The number of rotatable bonds is 4. The number of hydrogen-bond acceptors (Lipinski definition) is 3. The summed E-state index contributed by atoms with van der Waals surface area (Å²) >= 11 is 5.63. The minimum Gasteiger partial charge on any atom is -0.494 e. The average molecular weight is 291 g/mol. The average Bonchev–Trinajstić information content (AvgIpc) is 2.47. The predicted molar refractivity (Wildman–Crippen MR) is 78.5 cm³/mol. The second kappa shape index (κ2) is 5.67. The van der Waals surface area contributed by atoms with Gasteiger partial charge in [-0.3, -0.25) is 4.79 Å². The SMILES string of the molecule is O=c1cc2c(n[nH]1)CCc1cc(OCCCCl)ccc1-2. The van der Waals surface area contributed by atoms with E-state index in [1.54, 1.807) is 6.07 Å². The van der Waals surface area contributed by atoms with Crippen LogP contribution in [0, 0.1) is 0 Å². The molecule has 0 atom stereocenters. The van der Waals surface area contributed by atoms with Crippen LogP contribution in [-0.4, -0.2) is 22.7 Å². The fraction of sp³-hybridized carbons (Fsp3) is 0.333.